The molecule has 6 heteroatoms. The van der Waals surface area contributed by atoms with Crippen LogP contribution in [0.5, 0.6) is 0 Å². The maximum Gasteiger partial charge on any atom is 0.263 e. The predicted molar refractivity (Wildman–Crippen MR) is 84.0 cm³/mol. The van der Waals surface area contributed by atoms with Crippen LogP contribution >= 0.6 is 23.1 Å². The van der Waals surface area contributed by atoms with Gasteiger partial charge < -0.3 is 11.1 Å². The van der Waals surface area contributed by atoms with Crippen molar-refractivity contribution in [3.05, 3.63) is 23.2 Å². The number of carbonyl (C=O) groups excluding carboxylic acids is 1. The van der Waals surface area contributed by atoms with Crippen LogP contribution in [0.3, 0.4) is 0 Å². The van der Waals surface area contributed by atoms with E-state index in [9.17, 15) is 4.79 Å². The number of fused-ring (bicyclic) bond motifs is 1. The Hall–Kier alpha value is -1.27. The van der Waals surface area contributed by atoms with Gasteiger partial charge in [-0.1, -0.05) is 0 Å². The second-order valence-corrected chi connectivity index (χ2v) is 7.41. The fraction of sp³-hybridized carbons (Fsp3) is 0.385. The third-order valence-electron chi connectivity index (χ3n) is 2.92. The fourth-order valence-corrected chi connectivity index (χ4v) is 2.78. The van der Waals surface area contributed by atoms with Crippen molar-refractivity contribution in [3.63, 3.8) is 0 Å². The number of hydrogen-bond donors (Lipinski definition) is 2. The highest BCUT2D eigenvalue weighted by atomic mass is 32.2. The van der Waals surface area contributed by atoms with Crippen LogP contribution in [0, 0.1) is 0 Å². The summed E-state index contributed by atoms with van der Waals surface area (Å²) in [6.45, 7) is 4.79. The lowest BCUT2D eigenvalue weighted by Crippen LogP contribution is -2.35. The van der Waals surface area contributed by atoms with Crippen molar-refractivity contribution in [2.45, 2.75) is 18.6 Å². The number of nitrogens with zero attached hydrogens (tertiary/aromatic N) is 1. The molecule has 102 valence electrons. The van der Waals surface area contributed by atoms with E-state index in [1.165, 1.54) is 11.3 Å². The first-order valence-electron chi connectivity index (χ1n) is 5.91. The van der Waals surface area contributed by atoms with Crippen LogP contribution in [0.2, 0.25) is 0 Å². The molecule has 2 aromatic heterocycles. The molecule has 0 spiro atoms. The zero-order valence-electron chi connectivity index (χ0n) is 11.2. The molecular weight excluding hydrogens is 278 g/mol. The third-order valence-corrected chi connectivity index (χ3v) is 5.32. The largest absolute Gasteiger partial charge is 0.396 e. The molecular formula is C13H17N3OS2. The predicted octanol–water partition coefficient (Wildman–Crippen LogP) is 2.75. The molecule has 19 heavy (non-hydrogen) atoms. The first-order chi connectivity index (χ1) is 8.94. The summed E-state index contributed by atoms with van der Waals surface area (Å²) in [6.07, 6.45) is 3.72. The Balaban J connectivity index is 2.20. The number of amides is 1. The number of hydrogen-bond acceptors (Lipinski definition) is 5. The highest BCUT2D eigenvalue weighted by Gasteiger charge is 2.21. The third kappa shape index (κ3) is 3.01. The summed E-state index contributed by atoms with van der Waals surface area (Å²) in [7, 11) is 0. The lowest BCUT2D eigenvalue weighted by atomic mass is 10.2. The smallest absolute Gasteiger partial charge is 0.263 e. The van der Waals surface area contributed by atoms with Gasteiger partial charge in [-0.15, -0.1) is 11.3 Å². The molecule has 0 aliphatic rings. The highest BCUT2D eigenvalue weighted by Crippen LogP contribution is 2.31. The molecule has 0 saturated heterocycles. The minimum absolute atomic E-state index is 0.0132. The summed E-state index contributed by atoms with van der Waals surface area (Å²) < 4.78 is 0.952. The number of nitrogens with one attached hydrogen (secondary N) is 1. The summed E-state index contributed by atoms with van der Waals surface area (Å²) in [5, 5.41) is 2.93. The van der Waals surface area contributed by atoms with Crippen LogP contribution in [0.15, 0.2) is 18.3 Å². The number of rotatable bonds is 4. The summed E-state index contributed by atoms with van der Waals surface area (Å²) in [4.78, 5) is 16.9. The second kappa shape index (κ2) is 5.38. The normalized spacial score (nSPS) is 11.7. The van der Waals surface area contributed by atoms with Gasteiger partial charge in [-0.2, -0.15) is 11.8 Å². The van der Waals surface area contributed by atoms with E-state index in [4.69, 9.17) is 5.73 Å². The van der Waals surface area contributed by atoms with Crippen LogP contribution in [-0.4, -0.2) is 28.4 Å². The molecule has 0 bridgehead atoms. The minimum atomic E-state index is -0.123. The topological polar surface area (TPSA) is 68.0 Å². The number of thioether (sulfide) groups is 1. The molecule has 2 aromatic rings. The molecule has 0 aromatic carbocycles. The zero-order valence-corrected chi connectivity index (χ0v) is 12.8. The van der Waals surface area contributed by atoms with Gasteiger partial charge in [0, 0.05) is 17.5 Å². The van der Waals surface area contributed by atoms with Crippen molar-refractivity contribution >= 4 is 44.9 Å². The van der Waals surface area contributed by atoms with Crippen molar-refractivity contribution in [3.8, 4) is 0 Å². The number of carbonyl (C=O) groups is 1. The molecule has 0 aliphatic heterocycles. The molecule has 0 radical (unpaired) electrons. The molecule has 1 amide bonds. The fourth-order valence-electron chi connectivity index (χ4n) is 1.56. The van der Waals surface area contributed by atoms with Gasteiger partial charge in [0.2, 0.25) is 0 Å². The molecule has 3 N–H and O–H groups in total. The number of thiophene rings is 1. The Kier molecular flexibility index (Phi) is 4.01. The summed E-state index contributed by atoms with van der Waals surface area (Å²) in [6, 6.07) is 3.77. The number of aromatic nitrogens is 1. The first-order valence-corrected chi connectivity index (χ1v) is 7.95. The average molecular weight is 295 g/mol. The maximum atomic E-state index is 12.2. The number of nitrogens with two attached hydrogens (primary N) is 1. The quantitative estimate of drug-likeness (QED) is 0.910. The Morgan fingerprint density at radius 3 is 2.95 bits per heavy atom. The van der Waals surface area contributed by atoms with Gasteiger partial charge in [0.15, 0.2) is 0 Å². The van der Waals surface area contributed by atoms with Gasteiger partial charge in [-0.25, -0.2) is 0 Å². The highest BCUT2D eigenvalue weighted by molar-refractivity contribution is 7.99. The van der Waals surface area contributed by atoms with Crippen LogP contribution in [-0.2, 0) is 0 Å². The van der Waals surface area contributed by atoms with E-state index in [0.717, 1.165) is 4.70 Å². The number of nitrogen functional groups attached to an aromatic ring is 1. The summed E-state index contributed by atoms with van der Waals surface area (Å²) in [5.41, 5.74) is 7.18. The van der Waals surface area contributed by atoms with Crippen LogP contribution in [0.4, 0.5) is 5.69 Å². The Morgan fingerprint density at radius 1 is 1.58 bits per heavy atom. The van der Waals surface area contributed by atoms with E-state index < -0.39 is 0 Å². The Bertz CT molecular complexity index is 607. The van der Waals surface area contributed by atoms with E-state index in [2.05, 4.69) is 24.1 Å². The zero-order chi connectivity index (χ0) is 14.0. The Morgan fingerprint density at radius 2 is 2.32 bits per heavy atom. The van der Waals surface area contributed by atoms with Gasteiger partial charge in [0.05, 0.1) is 10.4 Å². The molecule has 0 unspecified atom stereocenters. The maximum absolute atomic E-state index is 12.2. The molecule has 0 aliphatic carbocycles. The molecule has 4 nitrogen and oxygen atoms in total. The van der Waals surface area contributed by atoms with Crippen molar-refractivity contribution in [1.82, 2.24) is 10.3 Å². The van der Waals surface area contributed by atoms with Crippen LogP contribution < -0.4 is 11.1 Å². The number of pyridine rings is 1. The van der Waals surface area contributed by atoms with Gasteiger partial charge in [0.1, 0.15) is 10.4 Å². The van der Waals surface area contributed by atoms with Crippen molar-refractivity contribution < 1.29 is 4.79 Å². The molecule has 0 atom stereocenters. The molecule has 0 fully saturated rings. The Labute approximate surface area is 120 Å². The number of anilines is 1. The van der Waals surface area contributed by atoms with E-state index in [1.807, 2.05) is 18.4 Å². The van der Waals surface area contributed by atoms with Gasteiger partial charge in [-0.05, 0) is 32.2 Å². The average Bonchev–Trinajstić information content (AvgIpc) is 2.74. The SMILES string of the molecule is CSC(C)(C)CNC(=O)c1sc2cccnc2c1N. The standard InChI is InChI=1S/C13H17N3OS2/c1-13(2,18-3)7-16-12(17)11-9(14)10-8(19-11)5-4-6-15-10/h4-6H,7,14H2,1-3H3,(H,16,17). The van der Waals surface area contributed by atoms with E-state index in [0.29, 0.717) is 22.6 Å². The van der Waals surface area contributed by atoms with Crippen molar-refractivity contribution in [1.29, 1.82) is 0 Å². The molecule has 2 heterocycles. The van der Waals surface area contributed by atoms with Crippen LogP contribution in [0.1, 0.15) is 23.5 Å². The van der Waals surface area contributed by atoms with Gasteiger partial charge in [0.25, 0.3) is 5.91 Å². The lowest BCUT2D eigenvalue weighted by Gasteiger charge is -2.21. The summed E-state index contributed by atoms with van der Waals surface area (Å²) in [5.74, 6) is -0.123. The summed E-state index contributed by atoms with van der Waals surface area (Å²) >= 11 is 3.10. The van der Waals surface area contributed by atoms with Gasteiger partial charge >= 0.3 is 0 Å². The van der Waals surface area contributed by atoms with Crippen LogP contribution in [0.25, 0.3) is 10.2 Å². The van der Waals surface area contributed by atoms with E-state index in [1.54, 1.807) is 18.0 Å². The van der Waals surface area contributed by atoms with E-state index in [-0.39, 0.29) is 10.7 Å². The van der Waals surface area contributed by atoms with E-state index >= 15 is 0 Å². The molecule has 2 rings (SSSR count). The second-order valence-electron chi connectivity index (χ2n) is 4.84. The van der Waals surface area contributed by atoms with Crippen molar-refractivity contribution in [2.24, 2.45) is 0 Å². The lowest BCUT2D eigenvalue weighted by molar-refractivity contribution is 0.0955. The van der Waals surface area contributed by atoms with Gasteiger partial charge in [-0.3, -0.25) is 9.78 Å². The molecule has 0 saturated carbocycles. The monoisotopic (exact) mass is 295 g/mol. The first kappa shape index (κ1) is 14.1. The minimum Gasteiger partial charge on any atom is -0.396 e. The van der Waals surface area contributed by atoms with Crippen molar-refractivity contribution in [2.75, 3.05) is 18.5 Å².